The Balaban J connectivity index is -0.0000000450. The second-order valence-corrected chi connectivity index (χ2v) is 0.881. The van der Waals surface area contributed by atoms with E-state index in [1.807, 2.05) is 0 Å². The van der Waals surface area contributed by atoms with Crippen molar-refractivity contribution in [2.75, 3.05) is 0 Å². The third-order valence-corrected chi connectivity index (χ3v) is 0. The molecule has 2 N–H and O–H groups in total. The Kier molecular flexibility index (Phi) is 28.8. The van der Waals surface area contributed by atoms with Gasteiger partial charge in [-0.3, -0.25) is 0 Å². The molecule has 0 bridgehead atoms. The van der Waals surface area contributed by atoms with Crippen molar-refractivity contribution in [3.8, 4) is 0 Å². The molecule has 0 fully saturated rings. The first-order valence-corrected chi connectivity index (χ1v) is 2.03. The molecule has 3 radical (unpaired) electrons. The minimum absolute atomic E-state index is 0. The monoisotopic (exact) mass is 332 g/mol. The molecule has 0 amide bonds. The zero-order valence-corrected chi connectivity index (χ0v) is 11.2. The van der Waals surface area contributed by atoms with Gasteiger partial charge in [-0.05, 0) is 0 Å². The van der Waals surface area contributed by atoms with Crippen LogP contribution in [0.5, 0.6) is 0 Å². The molecule has 0 aromatic carbocycles. The van der Waals surface area contributed by atoms with E-state index >= 15 is 0 Å². The summed E-state index contributed by atoms with van der Waals surface area (Å²) in [6, 6.07) is 0. The van der Waals surface area contributed by atoms with Gasteiger partial charge < -0.3 is 0 Å². The van der Waals surface area contributed by atoms with Gasteiger partial charge in [0, 0.05) is 81.1 Å². The minimum atomic E-state index is -3.15. The third kappa shape index (κ3) is 28.5. The van der Waals surface area contributed by atoms with Gasteiger partial charge in [-0.15, -0.1) is 0 Å². The van der Waals surface area contributed by atoms with Crippen molar-refractivity contribution in [3.05, 3.63) is 0 Å². The fourth-order valence-electron chi connectivity index (χ4n) is 0. The van der Waals surface area contributed by atoms with Crippen LogP contribution >= 0.6 is 0 Å². The topological polar surface area (TPSA) is 57.5 Å². The predicted octanol–water partition coefficient (Wildman–Crippen LogP) is -1.62. The largest absolute Gasteiger partial charge is 0 e. The maximum absolute atomic E-state index is 8.74. The normalized spacial score (nSPS) is 5.83. The summed E-state index contributed by atoms with van der Waals surface area (Å²) in [7, 11) is 0. The molecule has 0 rings (SSSR count). The molecule has 0 heterocycles. The molecule has 0 atom stereocenters. The number of rotatable bonds is 0. The summed E-state index contributed by atoms with van der Waals surface area (Å²) in [5.74, 6) is 0. The summed E-state index contributed by atoms with van der Waals surface area (Å²) in [6.45, 7) is 0. The van der Waals surface area contributed by atoms with Gasteiger partial charge in [-0.2, -0.15) is 0 Å². The van der Waals surface area contributed by atoms with Gasteiger partial charge in [0.2, 0.25) is 0 Å². The van der Waals surface area contributed by atoms with E-state index in [1.165, 1.54) is 0 Å². The van der Waals surface area contributed by atoms with E-state index in [1.54, 1.807) is 0 Å². The zero-order chi connectivity index (χ0) is 3.58. The van der Waals surface area contributed by atoms with E-state index in [9.17, 15) is 0 Å². The van der Waals surface area contributed by atoms with E-state index < -0.39 is 14.5 Å². The average Bonchev–Trinajstić information content (AvgIpc) is 0.811. The molecule has 0 aliphatic rings. The van der Waals surface area contributed by atoms with Gasteiger partial charge in [0.05, 0.1) is 0 Å². The molecule has 32 valence electrons. The Morgan fingerprint density at radius 1 is 1.33 bits per heavy atom. The first-order chi connectivity index (χ1) is 1.73. The Labute approximate surface area is 105 Å². The van der Waals surface area contributed by atoms with Crippen LogP contribution in [0.4, 0.5) is 0 Å². The van der Waals surface area contributed by atoms with Crippen LogP contribution in [0.2, 0.25) is 0 Å². The van der Waals surface area contributed by atoms with Crippen molar-refractivity contribution in [1.29, 1.82) is 0 Å². The fourth-order valence-corrected chi connectivity index (χ4v) is 0. The summed E-state index contributed by atoms with van der Waals surface area (Å²) in [5.41, 5.74) is 0. The summed E-state index contributed by atoms with van der Waals surface area (Å²) in [6.07, 6.45) is 0. The molecule has 0 aliphatic carbocycles. The molecule has 0 saturated heterocycles. The second kappa shape index (κ2) is 10.8. The van der Waals surface area contributed by atoms with Crippen molar-refractivity contribution in [2.24, 2.45) is 0 Å². The van der Waals surface area contributed by atoms with Gasteiger partial charge in [0.25, 0.3) is 0 Å². The average molecular weight is 331 g/mol. The van der Waals surface area contributed by atoms with Gasteiger partial charge in [-0.1, -0.05) is 0 Å². The standard InChI is InChI=1S/La.Mn.2H2O.O.Sr/h;;2*1H2;;/q;+2;;;;/p-2. The van der Waals surface area contributed by atoms with E-state index in [0.717, 1.165) is 0 Å². The summed E-state index contributed by atoms with van der Waals surface area (Å²) in [5, 5.41) is 0. The fraction of sp³-hybridized carbons (Fsp3) is 0. The predicted molar refractivity (Wildman–Crippen MR) is 10.9 cm³/mol. The minimum Gasteiger partial charge on any atom is 0 e. The van der Waals surface area contributed by atoms with Gasteiger partial charge in [-0.25, -0.2) is 0 Å². The first kappa shape index (κ1) is 16.0. The molecule has 0 unspecified atom stereocenters. The van der Waals surface area contributed by atoms with Crippen LogP contribution in [0.1, 0.15) is 0 Å². The van der Waals surface area contributed by atoms with Crippen LogP contribution in [-0.2, 0) is 18.3 Å². The Hall–Kier alpha value is 2.91. The van der Waals surface area contributed by atoms with E-state index in [2.05, 4.69) is 0 Å². The number of hydrogen-bond donors (Lipinski definition) is 2. The molecule has 0 aromatic heterocycles. The SMILES string of the molecule is [La].[O]=[Mn]([OH])[OH].[Sr]. The zero-order valence-electron chi connectivity index (χ0n) is 2.97. The second-order valence-electron chi connectivity index (χ2n) is 0.214. The maximum Gasteiger partial charge on any atom is 0 e. The van der Waals surface area contributed by atoms with Crippen LogP contribution in [0, 0.1) is 35.6 Å². The summed E-state index contributed by atoms with van der Waals surface area (Å²) >= 11 is -3.15. The van der Waals surface area contributed by atoms with Crippen molar-refractivity contribution < 1.29 is 62.3 Å². The van der Waals surface area contributed by atoms with E-state index in [0.29, 0.717) is 0 Å². The number of hydrogen-bond acceptors (Lipinski definition) is 1. The van der Waals surface area contributed by atoms with Gasteiger partial charge in [0.1, 0.15) is 0 Å². The van der Waals surface area contributed by atoms with Gasteiger partial charge >= 0.3 is 26.7 Å². The molecule has 0 aliphatic heterocycles. The summed E-state index contributed by atoms with van der Waals surface area (Å²) < 4.78 is 23.1. The molecule has 0 spiro atoms. The first-order valence-electron chi connectivity index (χ1n) is 0.492. The Morgan fingerprint density at radius 2 is 1.33 bits per heavy atom. The van der Waals surface area contributed by atoms with Crippen molar-refractivity contribution in [1.82, 2.24) is 0 Å². The third-order valence-electron chi connectivity index (χ3n) is 0. The summed E-state index contributed by atoms with van der Waals surface area (Å²) in [4.78, 5) is 0. The van der Waals surface area contributed by atoms with Crippen LogP contribution in [0.25, 0.3) is 0 Å². The van der Waals surface area contributed by atoms with Crippen molar-refractivity contribution in [3.63, 3.8) is 0 Å². The van der Waals surface area contributed by atoms with Crippen LogP contribution in [0.15, 0.2) is 0 Å². The molecular formula is H2LaMnO3Sr. The van der Waals surface area contributed by atoms with E-state index in [-0.39, 0.29) is 81.1 Å². The van der Waals surface area contributed by atoms with Crippen LogP contribution in [0.3, 0.4) is 0 Å². The van der Waals surface area contributed by atoms with Crippen LogP contribution in [-0.4, -0.2) is 53.9 Å². The molecule has 0 saturated carbocycles. The van der Waals surface area contributed by atoms with Crippen molar-refractivity contribution >= 4 is 45.5 Å². The Morgan fingerprint density at radius 3 is 1.33 bits per heavy atom. The molecule has 6 heavy (non-hydrogen) atoms. The van der Waals surface area contributed by atoms with Crippen LogP contribution < -0.4 is 0 Å². The van der Waals surface area contributed by atoms with E-state index in [4.69, 9.17) is 12.2 Å². The molecule has 0 aromatic rings. The molecule has 3 nitrogen and oxygen atoms in total. The Bertz CT molecular complexity index is 33.8. The van der Waals surface area contributed by atoms with Gasteiger partial charge in [0.15, 0.2) is 0 Å². The molecular weight excluding hydrogens is 329 g/mol. The maximum atomic E-state index is 8.74. The smallest absolute Gasteiger partial charge is 0 e. The van der Waals surface area contributed by atoms with Crippen molar-refractivity contribution in [2.45, 2.75) is 0 Å². The molecule has 6 heteroatoms. The quantitative estimate of drug-likeness (QED) is 0.525.